The van der Waals surface area contributed by atoms with Crippen LogP contribution in [-0.2, 0) is 0 Å². The minimum absolute atomic E-state index is 0.125. The molecular formula is C6H12N2OS2. The molecule has 11 heavy (non-hydrogen) atoms. The van der Waals surface area contributed by atoms with E-state index in [2.05, 4.69) is 17.2 Å². The van der Waals surface area contributed by atoms with Gasteiger partial charge < -0.3 is 15.7 Å². The third-order valence-electron chi connectivity index (χ3n) is 0.863. The Morgan fingerprint density at radius 3 is 2.91 bits per heavy atom. The maximum Gasteiger partial charge on any atom is 0.168 e. The summed E-state index contributed by atoms with van der Waals surface area (Å²) in [6.07, 6.45) is 0. The highest BCUT2D eigenvalue weighted by Crippen LogP contribution is 1.96. The van der Waals surface area contributed by atoms with Crippen LogP contribution in [0.3, 0.4) is 0 Å². The van der Waals surface area contributed by atoms with E-state index in [4.69, 9.17) is 17.3 Å². The second-order valence-electron chi connectivity index (χ2n) is 1.63. The first kappa shape index (κ1) is 10.7. The van der Waals surface area contributed by atoms with Crippen LogP contribution in [-0.4, -0.2) is 29.2 Å². The second-order valence-corrected chi connectivity index (χ2v) is 3.11. The lowest BCUT2D eigenvalue weighted by molar-refractivity contribution is 0.285. The second kappa shape index (κ2) is 7.84. The number of aliphatic hydroxyl groups excluding tert-OH is 1. The van der Waals surface area contributed by atoms with Crippen molar-refractivity contribution in [1.29, 1.82) is 0 Å². The molecule has 0 unspecified atom stereocenters. The number of nitrogens with one attached hydrogen (secondary N) is 2. The Hall–Kier alpha value is -0.260. The van der Waals surface area contributed by atoms with E-state index in [1.807, 2.05) is 0 Å². The molecule has 0 aliphatic rings. The largest absolute Gasteiger partial charge is 0.377 e. The molecule has 0 aliphatic carbocycles. The van der Waals surface area contributed by atoms with Crippen molar-refractivity contribution in [3.8, 4) is 0 Å². The zero-order valence-electron chi connectivity index (χ0n) is 6.17. The average Bonchev–Trinajstić information content (AvgIpc) is 1.99. The first-order valence-corrected chi connectivity index (χ1v) is 4.62. The maximum atomic E-state index is 8.38. The van der Waals surface area contributed by atoms with Crippen molar-refractivity contribution in [3.05, 3.63) is 12.0 Å². The molecule has 0 aromatic rings. The van der Waals surface area contributed by atoms with Gasteiger partial charge in [0.25, 0.3) is 0 Å². The molecule has 5 heteroatoms. The van der Waals surface area contributed by atoms with Crippen molar-refractivity contribution < 1.29 is 5.11 Å². The van der Waals surface area contributed by atoms with Crippen LogP contribution in [0.4, 0.5) is 0 Å². The lowest BCUT2D eigenvalue weighted by atomic mass is 10.7. The summed E-state index contributed by atoms with van der Waals surface area (Å²) in [4.78, 5) is 0. The first-order chi connectivity index (χ1) is 5.31. The molecular weight excluding hydrogens is 180 g/mol. The number of rotatable bonds is 5. The topological polar surface area (TPSA) is 44.3 Å². The third kappa shape index (κ3) is 7.64. The van der Waals surface area contributed by atoms with Gasteiger partial charge in [0.05, 0.1) is 0 Å². The van der Waals surface area contributed by atoms with Gasteiger partial charge in [-0.2, -0.15) is 0 Å². The standard InChI is InChI=1S/C6H12N2OS2/c1-2-11-4-3-7-6(10)8-5-9/h2,9H,1,3-5H2,(H2,7,8,10). The molecule has 3 nitrogen and oxygen atoms in total. The van der Waals surface area contributed by atoms with Crippen LogP contribution in [0.1, 0.15) is 0 Å². The van der Waals surface area contributed by atoms with Crippen molar-refractivity contribution in [2.75, 3.05) is 19.0 Å². The molecule has 0 amide bonds. The molecule has 0 aliphatic heterocycles. The maximum absolute atomic E-state index is 8.38. The number of thioether (sulfide) groups is 1. The molecule has 0 atom stereocenters. The number of hydrogen-bond donors (Lipinski definition) is 3. The van der Waals surface area contributed by atoms with E-state index in [1.54, 1.807) is 17.2 Å². The SMILES string of the molecule is C=CSCCNC(=S)NCO. The zero-order chi connectivity index (χ0) is 8.53. The minimum Gasteiger partial charge on any atom is -0.377 e. The molecule has 0 rings (SSSR count). The van der Waals surface area contributed by atoms with Gasteiger partial charge in [0.15, 0.2) is 5.11 Å². The molecule has 64 valence electrons. The number of thiocarbonyl (C=S) groups is 1. The molecule has 0 aromatic carbocycles. The normalized spacial score (nSPS) is 8.82. The highest BCUT2D eigenvalue weighted by molar-refractivity contribution is 8.02. The number of aliphatic hydroxyl groups is 1. The zero-order valence-corrected chi connectivity index (χ0v) is 7.80. The molecule has 0 saturated heterocycles. The first-order valence-electron chi connectivity index (χ1n) is 3.16. The van der Waals surface area contributed by atoms with Crippen LogP contribution in [0.5, 0.6) is 0 Å². The highest BCUT2D eigenvalue weighted by atomic mass is 32.2. The fraction of sp³-hybridized carbons (Fsp3) is 0.500. The van der Waals surface area contributed by atoms with Crippen molar-refractivity contribution in [2.45, 2.75) is 0 Å². The van der Waals surface area contributed by atoms with Crippen LogP contribution in [0.25, 0.3) is 0 Å². The summed E-state index contributed by atoms with van der Waals surface area (Å²) in [6, 6.07) is 0. The molecule has 0 fully saturated rings. The quantitative estimate of drug-likeness (QED) is 0.332. The molecule has 0 spiro atoms. The van der Waals surface area contributed by atoms with E-state index in [-0.39, 0.29) is 6.73 Å². The Bertz CT molecular complexity index is 130. The summed E-state index contributed by atoms with van der Waals surface area (Å²) in [6.45, 7) is 4.22. The Morgan fingerprint density at radius 2 is 2.36 bits per heavy atom. The van der Waals surface area contributed by atoms with Crippen molar-refractivity contribution in [1.82, 2.24) is 10.6 Å². The Morgan fingerprint density at radius 1 is 1.64 bits per heavy atom. The van der Waals surface area contributed by atoms with E-state index in [0.29, 0.717) is 5.11 Å². The number of hydrogen-bond acceptors (Lipinski definition) is 3. The lowest BCUT2D eigenvalue weighted by Crippen LogP contribution is -2.36. The fourth-order valence-corrected chi connectivity index (χ4v) is 0.994. The van der Waals surface area contributed by atoms with Gasteiger partial charge in [-0.05, 0) is 17.6 Å². The van der Waals surface area contributed by atoms with Crippen LogP contribution < -0.4 is 10.6 Å². The predicted octanol–water partition coefficient (Wildman–Crippen LogP) is 0.277. The summed E-state index contributed by atoms with van der Waals surface area (Å²) >= 11 is 6.41. The minimum atomic E-state index is -0.125. The average molecular weight is 192 g/mol. The summed E-state index contributed by atoms with van der Waals surface area (Å²) in [7, 11) is 0. The van der Waals surface area contributed by atoms with Gasteiger partial charge in [0.2, 0.25) is 0 Å². The van der Waals surface area contributed by atoms with Crippen molar-refractivity contribution in [3.63, 3.8) is 0 Å². The van der Waals surface area contributed by atoms with Gasteiger partial charge in [0.1, 0.15) is 6.73 Å². The van der Waals surface area contributed by atoms with E-state index in [0.717, 1.165) is 12.3 Å². The van der Waals surface area contributed by atoms with Crippen LogP contribution in [0.2, 0.25) is 0 Å². The van der Waals surface area contributed by atoms with E-state index >= 15 is 0 Å². The Balaban J connectivity index is 3.10. The van der Waals surface area contributed by atoms with Crippen LogP contribution >= 0.6 is 24.0 Å². The summed E-state index contributed by atoms with van der Waals surface area (Å²) in [5.41, 5.74) is 0. The fourth-order valence-electron chi connectivity index (χ4n) is 0.441. The van der Waals surface area contributed by atoms with E-state index in [1.165, 1.54) is 0 Å². The summed E-state index contributed by atoms with van der Waals surface area (Å²) < 4.78 is 0. The predicted molar refractivity (Wildman–Crippen MR) is 53.5 cm³/mol. The lowest BCUT2D eigenvalue weighted by Gasteiger charge is -2.06. The van der Waals surface area contributed by atoms with E-state index < -0.39 is 0 Å². The summed E-state index contributed by atoms with van der Waals surface area (Å²) in [5.74, 6) is 0.927. The van der Waals surface area contributed by atoms with Gasteiger partial charge in [-0.3, -0.25) is 0 Å². The van der Waals surface area contributed by atoms with Crippen molar-refractivity contribution >= 4 is 29.1 Å². The smallest absolute Gasteiger partial charge is 0.168 e. The highest BCUT2D eigenvalue weighted by Gasteiger charge is 1.90. The molecule has 0 bridgehead atoms. The third-order valence-corrected chi connectivity index (χ3v) is 1.83. The van der Waals surface area contributed by atoms with Crippen molar-refractivity contribution in [2.24, 2.45) is 0 Å². The summed E-state index contributed by atoms with van der Waals surface area (Å²) in [5, 5.41) is 16.1. The van der Waals surface area contributed by atoms with Crippen LogP contribution in [0, 0.1) is 0 Å². The Kier molecular flexibility index (Phi) is 7.66. The molecule has 0 radical (unpaired) electrons. The van der Waals surface area contributed by atoms with Gasteiger partial charge in [0, 0.05) is 12.3 Å². The van der Waals surface area contributed by atoms with Gasteiger partial charge >= 0.3 is 0 Å². The molecule has 0 saturated carbocycles. The van der Waals surface area contributed by atoms with Gasteiger partial charge in [-0.1, -0.05) is 6.58 Å². The monoisotopic (exact) mass is 192 g/mol. The van der Waals surface area contributed by atoms with Gasteiger partial charge in [-0.25, -0.2) is 0 Å². The molecule has 3 N–H and O–H groups in total. The molecule has 0 aromatic heterocycles. The molecule has 0 heterocycles. The van der Waals surface area contributed by atoms with E-state index in [9.17, 15) is 0 Å². The van der Waals surface area contributed by atoms with Gasteiger partial charge in [-0.15, -0.1) is 11.8 Å². The Labute approximate surface area is 76.3 Å². The van der Waals surface area contributed by atoms with Crippen LogP contribution in [0.15, 0.2) is 12.0 Å².